The van der Waals surface area contributed by atoms with Crippen LogP contribution >= 0.6 is 0 Å². The molecule has 0 aliphatic rings. The summed E-state index contributed by atoms with van der Waals surface area (Å²) in [7, 11) is 0. The van der Waals surface area contributed by atoms with Gasteiger partial charge in [0.25, 0.3) is 0 Å². The molecule has 79 heavy (non-hydrogen) atoms. The number of esters is 3. The Bertz CT molecular complexity index is 1450. The molecule has 0 aromatic heterocycles. The fourth-order valence-electron chi connectivity index (χ4n) is 10.1. The van der Waals surface area contributed by atoms with E-state index in [4.69, 9.17) is 14.2 Å². The lowest BCUT2D eigenvalue weighted by Crippen LogP contribution is -2.30. The van der Waals surface area contributed by atoms with E-state index in [1.807, 2.05) is 0 Å². The van der Waals surface area contributed by atoms with Gasteiger partial charge in [0.15, 0.2) is 6.10 Å². The lowest BCUT2D eigenvalue weighted by molar-refractivity contribution is -0.167. The fraction of sp³-hybridized carbons (Fsp3) is 0.795. The third-order valence-electron chi connectivity index (χ3n) is 15.2. The van der Waals surface area contributed by atoms with Crippen LogP contribution in [0.5, 0.6) is 0 Å². The van der Waals surface area contributed by atoms with E-state index in [1.54, 1.807) is 0 Å². The Kier molecular flexibility index (Phi) is 64.7. The van der Waals surface area contributed by atoms with Gasteiger partial charge in [0.2, 0.25) is 0 Å². The monoisotopic (exact) mass is 1100 g/mol. The van der Waals surface area contributed by atoms with Crippen LogP contribution < -0.4 is 0 Å². The quantitative estimate of drug-likeness (QED) is 0.0261. The Labute approximate surface area is 491 Å². The van der Waals surface area contributed by atoms with Crippen molar-refractivity contribution in [2.24, 2.45) is 0 Å². The molecule has 0 aromatic rings. The Balaban J connectivity index is 4.20. The minimum absolute atomic E-state index is 0.0715. The first-order valence-corrected chi connectivity index (χ1v) is 34.4. The van der Waals surface area contributed by atoms with Gasteiger partial charge < -0.3 is 14.2 Å². The molecule has 0 amide bonds. The Morgan fingerprint density at radius 2 is 0.494 bits per heavy atom. The molecule has 0 fully saturated rings. The van der Waals surface area contributed by atoms with Gasteiger partial charge in [-0.05, 0) is 89.9 Å². The lowest BCUT2D eigenvalue weighted by Gasteiger charge is -2.18. The van der Waals surface area contributed by atoms with Crippen molar-refractivity contribution in [3.8, 4) is 0 Å². The second-order valence-corrected chi connectivity index (χ2v) is 23.1. The van der Waals surface area contributed by atoms with Gasteiger partial charge in [0, 0.05) is 19.3 Å². The molecule has 0 aliphatic heterocycles. The van der Waals surface area contributed by atoms with E-state index < -0.39 is 6.10 Å². The van der Waals surface area contributed by atoms with Gasteiger partial charge in [-0.1, -0.05) is 318 Å². The summed E-state index contributed by atoms with van der Waals surface area (Å²) in [6, 6.07) is 0. The molecule has 6 nitrogen and oxygen atoms in total. The zero-order chi connectivity index (χ0) is 57.1. The maximum Gasteiger partial charge on any atom is 0.306 e. The molecule has 0 spiro atoms. The maximum absolute atomic E-state index is 12.9. The Morgan fingerprint density at radius 1 is 0.266 bits per heavy atom. The summed E-state index contributed by atoms with van der Waals surface area (Å²) >= 11 is 0. The van der Waals surface area contributed by atoms with Crippen molar-refractivity contribution in [3.63, 3.8) is 0 Å². The van der Waals surface area contributed by atoms with Crippen LogP contribution in [0.3, 0.4) is 0 Å². The molecule has 0 heterocycles. The summed E-state index contributed by atoms with van der Waals surface area (Å²) in [5.74, 6) is -0.856. The van der Waals surface area contributed by atoms with Gasteiger partial charge in [0.1, 0.15) is 13.2 Å². The van der Waals surface area contributed by atoms with Crippen molar-refractivity contribution in [1.82, 2.24) is 0 Å². The summed E-state index contributed by atoms with van der Waals surface area (Å²) in [4.78, 5) is 38.3. The number of unbranched alkanes of at least 4 members (excludes halogenated alkanes) is 40. The standard InChI is InChI=1S/C73H130O6/c1-4-7-10-13-16-19-22-24-26-28-30-32-33-34-35-36-37-38-39-41-42-44-46-48-51-54-57-60-63-66-72(75)78-69-70(68-77-71(74)65-62-59-56-53-50-21-18-15-12-9-6-3)79-73(76)67-64-61-58-55-52-49-47-45-43-40-31-29-27-25-23-20-17-14-11-8-5-2/h7,10,16,19,24,26,29-32,34-35,70H,4-6,8-9,11-15,17-18,20-23,25,27-28,33,36-69H2,1-3H3/b10-7-,19-16-,26-24-,31-29-,32-30-,35-34-. The van der Waals surface area contributed by atoms with Crippen molar-refractivity contribution in [3.05, 3.63) is 72.9 Å². The highest BCUT2D eigenvalue weighted by Gasteiger charge is 2.19. The molecule has 1 atom stereocenters. The zero-order valence-electron chi connectivity index (χ0n) is 52.6. The predicted octanol–water partition coefficient (Wildman–Crippen LogP) is 23.7. The van der Waals surface area contributed by atoms with Gasteiger partial charge in [-0.15, -0.1) is 0 Å². The van der Waals surface area contributed by atoms with E-state index in [1.165, 1.54) is 225 Å². The summed E-state index contributed by atoms with van der Waals surface area (Å²) < 4.78 is 17.0. The largest absolute Gasteiger partial charge is 0.462 e. The van der Waals surface area contributed by atoms with Gasteiger partial charge in [-0.3, -0.25) is 14.4 Å². The molecular weight excluding hydrogens is 973 g/mol. The van der Waals surface area contributed by atoms with Crippen LogP contribution in [-0.2, 0) is 28.6 Å². The van der Waals surface area contributed by atoms with E-state index in [0.29, 0.717) is 19.3 Å². The predicted molar refractivity (Wildman–Crippen MR) is 344 cm³/mol. The normalized spacial score (nSPS) is 12.5. The van der Waals surface area contributed by atoms with E-state index in [-0.39, 0.29) is 31.1 Å². The Hall–Kier alpha value is -3.15. The van der Waals surface area contributed by atoms with E-state index in [2.05, 4.69) is 93.7 Å². The van der Waals surface area contributed by atoms with Crippen molar-refractivity contribution >= 4 is 17.9 Å². The minimum Gasteiger partial charge on any atom is -0.462 e. The van der Waals surface area contributed by atoms with Gasteiger partial charge >= 0.3 is 17.9 Å². The molecule has 0 aliphatic carbocycles. The number of allylic oxidation sites excluding steroid dienone is 12. The topological polar surface area (TPSA) is 78.9 Å². The number of hydrogen-bond acceptors (Lipinski definition) is 6. The molecule has 6 heteroatoms. The van der Waals surface area contributed by atoms with Crippen LogP contribution in [0.15, 0.2) is 72.9 Å². The smallest absolute Gasteiger partial charge is 0.306 e. The SMILES string of the molecule is CC/C=C\C/C=C\C/C=C\C/C=C\C/C=C\CCCCCCCCCCCCCCCC(=O)OCC(COC(=O)CCCCCCCCCCCCC)OC(=O)CCCCCCCCCCC/C=C\CCCCCCCCCC. The van der Waals surface area contributed by atoms with Crippen LogP contribution in [0.25, 0.3) is 0 Å². The van der Waals surface area contributed by atoms with E-state index >= 15 is 0 Å². The molecular formula is C73H130O6. The molecule has 458 valence electrons. The van der Waals surface area contributed by atoms with Crippen molar-refractivity contribution in [1.29, 1.82) is 0 Å². The first kappa shape index (κ1) is 75.8. The number of ether oxygens (including phenoxy) is 3. The third kappa shape index (κ3) is 65.5. The average molecular weight is 1100 g/mol. The number of hydrogen-bond donors (Lipinski definition) is 0. The fourth-order valence-corrected chi connectivity index (χ4v) is 10.1. The second kappa shape index (κ2) is 67.4. The molecule has 0 N–H and O–H groups in total. The molecule has 0 radical (unpaired) electrons. The minimum atomic E-state index is -0.775. The first-order valence-electron chi connectivity index (χ1n) is 34.4. The van der Waals surface area contributed by atoms with Crippen LogP contribution in [-0.4, -0.2) is 37.2 Å². The number of carbonyl (C=O) groups excluding carboxylic acids is 3. The highest BCUT2D eigenvalue weighted by molar-refractivity contribution is 5.71. The number of rotatable bonds is 63. The van der Waals surface area contributed by atoms with Crippen LogP contribution in [0.4, 0.5) is 0 Å². The number of carbonyl (C=O) groups is 3. The van der Waals surface area contributed by atoms with Crippen molar-refractivity contribution in [2.45, 2.75) is 361 Å². The molecule has 0 rings (SSSR count). The van der Waals surface area contributed by atoms with Crippen LogP contribution in [0.2, 0.25) is 0 Å². The molecule has 0 saturated heterocycles. The first-order chi connectivity index (χ1) is 39.0. The van der Waals surface area contributed by atoms with Crippen molar-refractivity contribution in [2.75, 3.05) is 13.2 Å². The highest BCUT2D eigenvalue weighted by Crippen LogP contribution is 2.17. The highest BCUT2D eigenvalue weighted by atomic mass is 16.6. The van der Waals surface area contributed by atoms with E-state index in [9.17, 15) is 14.4 Å². The van der Waals surface area contributed by atoms with Gasteiger partial charge in [-0.25, -0.2) is 0 Å². The maximum atomic E-state index is 12.9. The van der Waals surface area contributed by atoms with Crippen molar-refractivity contribution < 1.29 is 28.6 Å². The summed E-state index contributed by atoms with van der Waals surface area (Å²) in [6.07, 6.45) is 87.8. The summed E-state index contributed by atoms with van der Waals surface area (Å²) in [5, 5.41) is 0. The second-order valence-electron chi connectivity index (χ2n) is 23.1. The third-order valence-corrected chi connectivity index (χ3v) is 15.2. The summed E-state index contributed by atoms with van der Waals surface area (Å²) in [5.41, 5.74) is 0. The Morgan fingerprint density at radius 3 is 0.785 bits per heavy atom. The summed E-state index contributed by atoms with van der Waals surface area (Å²) in [6.45, 7) is 6.57. The van der Waals surface area contributed by atoms with Crippen LogP contribution in [0, 0.1) is 0 Å². The van der Waals surface area contributed by atoms with Gasteiger partial charge in [0.05, 0.1) is 0 Å². The zero-order valence-corrected chi connectivity index (χ0v) is 52.6. The molecule has 0 bridgehead atoms. The molecule has 0 aromatic carbocycles. The molecule has 1 unspecified atom stereocenters. The lowest BCUT2D eigenvalue weighted by atomic mass is 10.0. The van der Waals surface area contributed by atoms with Crippen LogP contribution in [0.1, 0.15) is 355 Å². The van der Waals surface area contributed by atoms with E-state index in [0.717, 1.165) is 89.9 Å². The average Bonchev–Trinajstić information content (AvgIpc) is 3.45. The van der Waals surface area contributed by atoms with Gasteiger partial charge in [-0.2, -0.15) is 0 Å². The molecule has 0 saturated carbocycles.